The van der Waals surface area contributed by atoms with Crippen LogP contribution in [0.3, 0.4) is 0 Å². The normalized spacial score (nSPS) is 11.1. The number of carbonyl (C=O) groups is 2. The zero-order valence-electron chi connectivity index (χ0n) is 9.31. The van der Waals surface area contributed by atoms with Crippen LogP contribution >= 0.6 is 31.9 Å². The van der Waals surface area contributed by atoms with Crippen LogP contribution in [-0.2, 0) is 0 Å². The Labute approximate surface area is 132 Å². The van der Waals surface area contributed by atoms with Crippen molar-refractivity contribution in [2.75, 3.05) is 0 Å². The fourth-order valence-corrected chi connectivity index (χ4v) is 4.15. The van der Waals surface area contributed by atoms with Crippen LogP contribution in [0.5, 0.6) is 0 Å². The Morgan fingerprint density at radius 1 is 1.16 bits per heavy atom. The fraction of sp³-hybridized carbons (Fsp3) is 0. The number of carbonyl (C=O) groups excluding carboxylic acids is 1. The van der Waals surface area contributed by atoms with Gasteiger partial charge in [-0.2, -0.15) is 0 Å². The molecule has 19 heavy (non-hydrogen) atoms. The summed E-state index contributed by atoms with van der Waals surface area (Å²) in [6.07, 6.45) is 0. The van der Waals surface area contributed by atoms with Crippen molar-refractivity contribution in [2.24, 2.45) is 0 Å². The maximum atomic E-state index is 12.0. The van der Waals surface area contributed by atoms with E-state index >= 15 is 0 Å². The molecule has 1 atom stereocenters. The van der Waals surface area contributed by atoms with Gasteiger partial charge < -0.3 is 0 Å². The van der Waals surface area contributed by atoms with Crippen LogP contribution in [-0.4, -0.2) is 31.4 Å². The van der Waals surface area contributed by atoms with E-state index in [0.29, 0.717) is 13.5 Å². The number of hydrogen-bond acceptors (Lipinski definition) is 3. The summed E-state index contributed by atoms with van der Waals surface area (Å²) in [6.45, 7) is 0. The molecule has 98 valence electrons. The van der Waals surface area contributed by atoms with Gasteiger partial charge in [-0.25, -0.2) is 0 Å². The predicted molar refractivity (Wildman–Crippen MR) is 78.6 cm³/mol. The summed E-state index contributed by atoms with van der Waals surface area (Å²) in [6, 6.07) is 8.13. The third-order valence-electron chi connectivity index (χ3n) is 2.26. The quantitative estimate of drug-likeness (QED) is 0.728. The van der Waals surface area contributed by atoms with Crippen LogP contribution in [0.1, 0.15) is 20.9 Å². The molecule has 1 heterocycles. The van der Waals surface area contributed by atoms with Crippen LogP contribution < -0.4 is 4.35 Å². The maximum absolute atomic E-state index is 12.0. The second-order valence-corrected chi connectivity index (χ2v) is 7.86. The Bertz CT molecular complexity index is 651. The van der Waals surface area contributed by atoms with E-state index in [0.717, 1.165) is 0 Å². The molecular weight excluding hydrogens is 443 g/mol. The van der Waals surface area contributed by atoms with Crippen molar-refractivity contribution in [2.45, 2.75) is 0 Å². The molecule has 0 saturated carbocycles. The molecule has 2 aromatic rings. The Kier molecular flexibility index (Phi) is 4.66. The second-order valence-electron chi connectivity index (χ2n) is 3.55. The standard InChI is InChI=1S/C12H7AsBr2O4/c14-6-1-2-8(7(5-6)12(17)18)13-11(16)9-3-4-10(15)19-9/h1-5,13H,(H,17,18). The van der Waals surface area contributed by atoms with Crippen molar-refractivity contribution in [1.82, 2.24) is 0 Å². The van der Waals surface area contributed by atoms with Crippen molar-refractivity contribution in [1.29, 1.82) is 0 Å². The van der Waals surface area contributed by atoms with Gasteiger partial charge in [0.25, 0.3) is 0 Å². The molecule has 0 aliphatic rings. The number of furan rings is 1. The first-order valence-electron chi connectivity index (χ1n) is 5.07. The number of halogens is 2. The molecular formula is C12H7AsBr2O4. The third kappa shape index (κ3) is 3.59. The van der Waals surface area contributed by atoms with Gasteiger partial charge in [0.2, 0.25) is 0 Å². The van der Waals surface area contributed by atoms with Gasteiger partial charge in [-0.1, -0.05) is 0 Å². The zero-order chi connectivity index (χ0) is 14.0. The Hall–Kier alpha value is -0.842. The van der Waals surface area contributed by atoms with Crippen molar-refractivity contribution in [3.8, 4) is 0 Å². The average molecular weight is 450 g/mol. The second kappa shape index (κ2) is 6.07. The van der Waals surface area contributed by atoms with Gasteiger partial charge in [-0.3, -0.25) is 0 Å². The first kappa shape index (κ1) is 14.6. The van der Waals surface area contributed by atoms with E-state index in [1.165, 1.54) is 6.07 Å². The molecule has 0 radical (unpaired) electrons. The van der Waals surface area contributed by atoms with E-state index < -0.39 is 21.7 Å². The first-order chi connectivity index (χ1) is 8.97. The van der Waals surface area contributed by atoms with Gasteiger partial charge in [0, 0.05) is 0 Å². The molecule has 1 aromatic carbocycles. The van der Waals surface area contributed by atoms with Crippen LogP contribution in [0.25, 0.3) is 0 Å². The predicted octanol–water partition coefficient (Wildman–Crippen LogP) is 2.41. The Morgan fingerprint density at radius 3 is 2.47 bits per heavy atom. The van der Waals surface area contributed by atoms with Gasteiger partial charge in [0.05, 0.1) is 0 Å². The van der Waals surface area contributed by atoms with E-state index in [1.54, 1.807) is 24.3 Å². The topological polar surface area (TPSA) is 67.5 Å². The van der Waals surface area contributed by atoms with E-state index in [9.17, 15) is 9.59 Å². The van der Waals surface area contributed by atoms with Crippen LogP contribution in [0, 0.1) is 0 Å². The summed E-state index contributed by atoms with van der Waals surface area (Å²) in [7, 11) is 0. The first-order valence-corrected chi connectivity index (χ1v) is 8.75. The Balaban J connectivity index is 2.28. The molecule has 4 nitrogen and oxygen atoms in total. The number of hydrogen-bond donors (Lipinski definition) is 1. The van der Waals surface area contributed by atoms with Gasteiger partial charge in [0.15, 0.2) is 0 Å². The number of carboxylic acids is 1. The SMILES string of the molecule is O=C([AsH]c1ccc(Br)cc1C(=O)O)c1ccc(Br)o1. The number of aromatic carboxylic acids is 1. The molecule has 0 amide bonds. The average Bonchev–Trinajstić information content (AvgIpc) is 2.78. The fourth-order valence-electron chi connectivity index (χ4n) is 1.42. The van der Waals surface area contributed by atoms with Crippen LogP contribution in [0.4, 0.5) is 0 Å². The molecule has 1 unspecified atom stereocenters. The molecule has 0 aliphatic heterocycles. The molecule has 0 saturated heterocycles. The van der Waals surface area contributed by atoms with E-state index in [1.807, 2.05) is 0 Å². The van der Waals surface area contributed by atoms with Crippen LogP contribution in [0.2, 0.25) is 0 Å². The van der Waals surface area contributed by atoms with E-state index in [2.05, 4.69) is 31.9 Å². The summed E-state index contributed by atoms with van der Waals surface area (Å²) >= 11 is 5.07. The monoisotopic (exact) mass is 448 g/mol. The van der Waals surface area contributed by atoms with Crippen molar-refractivity contribution in [3.63, 3.8) is 0 Å². The number of benzene rings is 1. The van der Waals surface area contributed by atoms with Gasteiger partial charge >= 0.3 is 132 Å². The number of carboxylic acid groups (broad SMARTS) is 1. The summed E-state index contributed by atoms with van der Waals surface area (Å²) < 4.78 is 6.77. The summed E-state index contributed by atoms with van der Waals surface area (Å²) in [5.74, 6) is -0.778. The molecule has 1 N–H and O–H groups in total. The molecule has 0 spiro atoms. The van der Waals surface area contributed by atoms with Crippen LogP contribution in [0.15, 0.2) is 43.9 Å². The molecule has 7 heteroatoms. The van der Waals surface area contributed by atoms with Gasteiger partial charge in [-0.05, 0) is 0 Å². The minimum atomic E-state index is -1.28. The van der Waals surface area contributed by atoms with Gasteiger partial charge in [0.1, 0.15) is 0 Å². The number of rotatable bonds is 4. The molecule has 2 rings (SSSR count). The van der Waals surface area contributed by atoms with Crippen molar-refractivity contribution >= 4 is 62.5 Å². The van der Waals surface area contributed by atoms with E-state index in [4.69, 9.17) is 9.52 Å². The molecule has 1 aromatic heterocycles. The third-order valence-corrected chi connectivity index (χ3v) is 5.65. The van der Waals surface area contributed by atoms with Crippen molar-refractivity contribution in [3.05, 3.63) is 50.8 Å². The summed E-state index contributed by atoms with van der Waals surface area (Å²) in [4.78, 5) is 23.2. The van der Waals surface area contributed by atoms with Crippen molar-refractivity contribution < 1.29 is 19.1 Å². The minimum absolute atomic E-state index is 0.143. The zero-order valence-corrected chi connectivity index (χ0v) is 14.6. The summed E-state index contributed by atoms with van der Waals surface area (Å²) in [5.41, 5.74) is 0.161. The summed E-state index contributed by atoms with van der Waals surface area (Å²) in [5, 5.41) is 9.13. The molecule has 0 bridgehead atoms. The Morgan fingerprint density at radius 2 is 1.89 bits per heavy atom. The van der Waals surface area contributed by atoms with Gasteiger partial charge in [-0.15, -0.1) is 0 Å². The molecule has 0 fully saturated rings. The van der Waals surface area contributed by atoms with E-state index in [-0.39, 0.29) is 15.9 Å². The molecule has 0 aliphatic carbocycles.